The molecule has 0 amide bonds. The Morgan fingerprint density at radius 2 is 2.06 bits per heavy atom. The molecule has 6 nitrogen and oxygen atoms in total. The lowest BCUT2D eigenvalue weighted by Gasteiger charge is -2.30. The van der Waals surface area contributed by atoms with E-state index in [0.29, 0.717) is 12.5 Å². The molecule has 1 aromatic heterocycles. The number of aryl methyl sites for hydroxylation is 1. The van der Waals surface area contributed by atoms with Crippen molar-refractivity contribution in [3.05, 3.63) is 45.7 Å². The molecule has 1 saturated heterocycles. The molecule has 0 saturated carbocycles. The average molecular weight is 445 g/mol. The summed E-state index contributed by atoms with van der Waals surface area (Å²) < 4.78 is 5.44. The smallest absolute Gasteiger partial charge is 0.253 e. The van der Waals surface area contributed by atoms with E-state index >= 15 is 0 Å². The number of ether oxygens (including phenoxy) is 1. The highest BCUT2D eigenvalue weighted by molar-refractivity contribution is 7.80. The SMILES string of the molecule is CCc1ccc2[nH]c(=O)c(CN(CCCN3CCOCC3)C(=S)NCC(C)C)cc2c1. The van der Waals surface area contributed by atoms with Gasteiger partial charge in [-0.15, -0.1) is 0 Å². The molecule has 1 aliphatic rings. The number of hydrogen-bond donors (Lipinski definition) is 2. The number of fused-ring (bicyclic) bond motifs is 1. The van der Waals surface area contributed by atoms with Gasteiger partial charge in [-0.25, -0.2) is 0 Å². The summed E-state index contributed by atoms with van der Waals surface area (Å²) in [6.45, 7) is 13.2. The van der Waals surface area contributed by atoms with Crippen LogP contribution in [0.5, 0.6) is 0 Å². The van der Waals surface area contributed by atoms with E-state index in [1.54, 1.807) is 0 Å². The summed E-state index contributed by atoms with van der Waals surface area (Å²) in [7, 11) is 0. The van der Waals surface area contributed by atoms with E-state index in [9.17, 15) is 4.79 Å². The molecule has 1 aromatic carbocycles. The van der Waals surface area contributed by atoms with Gasteiger partial charge in [-0.1, -0.05) is 26.8 Å². The summed E-state index contributed by atoms with van der Waals surface area (Å²) in [6, 6.07) is 8.25. The van der Waals surface area contributed by atoms with E-state index in [4.69, 9.17) is 17.0 Å². The molecule has 1 aliphatic heterocycles. The number of benzene rings is 1. The fourth-order valence-electron chi connectivity index (χ4n) is 3.81. The first-order valence-electron chi connectivity index (χ1n) is 11.4. The molecule has 31 heavy (non-hydrogen) atoms. The molecule has 7 heteroatoms. The van der Waals surface area contributed by atoms with Crippen LogP contribution in [0.4, 0.5) is 0 Å². The van der Waals surface area contributed by atoms with Crippen LogP contribution in [0.1, 0.15) is 38.3 Å². The third-order valence-corrected chi connectivity index (χ3v) is 6.11. The van der Waals surface area contributed by atoms with Crippen LogP contribution in [0, 0.1) is 5.92 Å². The fourth-order valence-corrected chi connectivity index (χ4v) is 4.05. The number of morpholine rings is 1. The highest BCUT2D eigenvalue weighted by Gasteiger charge is 2.15. The van der Waals surface area contributed by atoms with Crippen molar-refractivity contribution in [1.29, 1.82) is 0 Å². The molecule has 2 heterocycles. The Labute approximate surface area is 191 Å². The number of aromatic nitrogens is 1. The van der Waals surface area contributed by atoms with Crippen LogP contribution in [0.3, 0.4) is 0 Å². The Morgan fingerprint density at radius 1 is 1.29 bits per heavy atom. The van der Waals surface area contributed by atoms with E-state index in [1.807, 2.05) is 12.1 Å². The maximum absolute atomic E-state index is 12.8. The Morgan fingerprint density at radius 3 is 2.77 bits per heavy atom. The number of pyridine rings is 1. The molecule has 2 aromatic rings. The summed E-state index contributed by atoms with van der Waals surface area (Å²) in [5.74, 6) is 0.504. The summed E-state index contributed by atoms with van der Waals surface area (Å²) >= 11 is 5.71. The largest absolute Gasteiger partial charge is 0.379 e. The first kappa shape index (κ1) is 23.7. The predicted molar refractivity (Wildman–Crippen MR) is 132 cm³/mol. The second kappa shape index (κ2) is 11.6. The first-order chi connectivity index (χ1) is 15.0. The molecule has 170 valence electrons. The van der Waals surface area contributed by atoms with Crippen LogP contribution >= 0.6 is 12.2 Å². The molecular formula is C24H36N4O2S. The summed E-state index contributed by atoms with van der Waals surface area (Å²) in [4.78, 5) is 20.4. The van der Waals surface area contributed by atoms with Crippen molar-refractivity contribution in [2.24, 2.45) is 5.92 Å². The Kier molecular flexibility index (Phi) is 8.87. The van der Waals surface area contributed by atoms with Gasteiger partial charge < -0.3 is 19.9 Å². The van der Waals surface area contributed by atoms with Gasteiger partial charge in [-0.2, -0.15) is 0 Å². The highest BCUT2D eigenvalue weighted by atomic mass is 32.1. The van der Waals surface area contributed by atoms with Gasteiger partial charge in [-0.3, -0.25) is 9.69 Å². The maximum atomic E-state index is 12.8. The number of thiocarbonyl (C=S) groups is 1. The Balaban J connectivity index is 1.73. The van der Waals surface area contributed by atoms with Gasteiger partial charge in [0.25, 0.3) is 5.56 Å². The lowest BCUT2D eigenvalue weighted by molar-refractivity contribution is 0.0367. The second-order valence-electron chi connectivity index (χ2n) is 8.71. The zero-order valence-corrected chi connectivity index (χ0v) is 19.9. The molecule has 3 rings (SSSR count). The Hall–Kier alpha value is -1.96. The minimum Gasteiger partial charge on any atom is -0.379 e. The van der Waals surface area contributed by atoms with Gasteiger partial charge in [0.1, 0.15) is 0 Å². The molecule has 1 fully saturated rings. The number of nitrogens with zero attached hydrogens (tertiary/aromatic N) is 2. The lowest BCUT2D eigenvalue weighted by atomic mass is 10.1. The number of rotatable bonds is 9. The van der Waals surface area contributed by atoms with Crippen molar-refractivity contribution in [2.45, 2.75) is 40.2 Å². The van der Waals surface area contributed by atoms with Crippen LogP contribution in [0.2, 0.25) is 0 Å². The van der Waals surface area contributed by atoms with Crippen molar-refractivity contribution in [2.75, 3.05) is 45.9 Å². The van der Waals surface area contributed by atoms with Crippen molar-refractivity contribution < 1.29 is 4.74 Å². The number of hydrogen-bond acceptors (Lipinski definition) is 4. The number of aromatic amines is 1. The van der Waals surface area contributed by atoms with E-state index in [1.165, 1.54) is 5.56 Å². The zero-order valence-electron chi connectivity index (χ0n) is 19.1. The first-order valence-corrected chi connectivity index (χ1v) is 11.8. The topological polar surface area (TPSA) is 60.6 Å². The minimum absolute atomic E-state index is 0.0402. The molecule has 0 aliphatic carbocycles. The van der Waals surface area contributed by atoms with Crippen molar-refractivity contribution in [3.63, 3.8) is 0 Å². The van der Waals surface area contributed by atoms with E-state index in [0.717, 1.165) is 80.4 Å². The lowest BCUT2D eigenvalue weighted by Crippen LogP contribution is -2.43. The van der Waals surface area contributed by atoms with E-state index in [-0.39, 0.29) is 5.56 Å². The monoisotopic (exact) mass is 444 g/mol. The third kappa shape index (κ3) is 7.02. The quantitative estimate of drug-likeness (QED) is 0.580. The normalized spacial score (nSPS) is 14.8. The van der Waals surface area contributed by atoms with Crippen LogP contribution in [0.15, 0.2) is 29.1 Å². The average Bonchev–Trinajstić information content (AvgIpc) is 2.77. The summed E-state index contributed by atoms with van der Waals surface area (Å²) in [6.07, 6.45) is 1.97. The van der Waals surface area contributed by atoms with Crippen molar-refractivity contribution in [1.82, 2.24) is 20.1 Å². The highest BCUT2D eigenvalue weighted by Crippen LogP contribution is 2.15. The molecule has 0 unspecified atom stereocenters. The van der Waals surface area contributed by atoms with Crippen molar-refractivity contribution in [3.8, 4) is 0 Å². The molecule has 0 bridgehead atoms. The predicted octanol–water partition coefficient (Wildman–Crippen LogP) is 3.15. The molecule has 0 radical (unpaired) electrons. The maximum Gasteiger partial charge on any atom is 0.253 e. The van der Waals surface area contributed by atoms with Gasteiger partial charge in [0.15, 0.2) is 5.11 Å². The van der Waals surface area contributed by atoms with Crippen LogP contribution in [-0.4, -0.2) is 65.8 Å². The number of H-pyrrole nitrogens is 1. The minimum atomic E-state index is -0.0402. The van der Waals surface area contributed by atoms with Gasteiger partial charge >= 0.3 is 0 Å². The molecule has 2 N–H and O–H groups in total. The van der Waals surface area contributed by atoms with Gasteiger partial charge in [0, 0.05) is 43.8 Å². The molecule has 0 spiro atoms. The second-order valence-corrected chi connectivity index (χ2v) is 9.09. The van der Waals surface area contributed by atoms with Crippen LogP contribution < -0.4 is 10.9 Å². The Bertz CT molecular complexity index is 921. The van der Waals surface area contributed by atoms with E-state index < -0.39 is 0 Å². The zero-order chi connectivity index (χ0) is 22.2. The summed E-state index contributed by atoms with van der Waals surface area (Å²) in [5.41, 5.74) is 2.86. The van der Waals surface area contributed by atoms with Crippen LogP contribution in [-0.2, 0) is 17.7 Å². The third-order valence-electron chi connectivity index (χ3n) is 5.71. The summed E-state index contributed by atoms with van der Waals surface area (Å²) in [5, 5.41) is 5.17. The molecule has 0 atom stereocenters. The van der Waals surface area contributed by atoms with Gasteiger partial charge in [0.2, 0.25) is 0 Å². The standard InChI is InChI=1S/C24H36N4O2S/c1-4-19-6-7-22-20(14-19)15-21(23(29)26-22)17-28(24(31)25-16-18(2)3)9-5-8-27-10-12-30-13-11-27/h6-7,14-15,18H,4-5,8-13,16-17H2,1-3H3,(H,25,31)(H,26,29). The van der Waals surface area contributed by atoms with Gasteiger partial charge in [0.05, 0.1) is 19.8 Å². The number of nitrogens with one attached hydrogen (secondary N) is 2. The van der Waals surface area contributed by atoms with Gasteiger partial charge in [-0.05, 0) is 60.1 Å². The fraction of sp³-hybridized carbons (Fsp3) is 0.583. The van der Waals surface area contributed by atoms with E-state index in [2.05, 4.69) is 53.0 Å². The van der Waals surface area contributed by atoms with Crippen LogP contribution in [0.25, 0.3) is 10.9 Å². The molecular weight excluding hydrogens is 408 g/mol. The van der Waals surface area contributed by atoms with Crippen molar-refractivity contribution >= 4 is 28.2 Å².